The highest BCUT2D eigenvalue weighted by atomic mass is 32.9. The van der Waals surface area contributed by atoms with Gasteiger partial charge in [-0.05, 0) is 32.1 Å². The molecular weight excluding hydrogens is 432 g/mol. The van der Waals surface area contributed by atoms with Crippen LogP contribution in [0.25, 0.3) is 0 Å². The van der Waals surface area contributed by atoms with E-state index in [1.54, 1.807) is 0 Å². The van der Waals surface area contributed by atoms with Crippen LogP contribution in [0, 0.1) is 35.0 Å². The van der Waals surface area contributed by atoms with Gasteiger partial charge < -0.3 is 10.3 Å². The van der Waals surface area contributed by atoms with E-state index in [2.05, 4.69) is 19.2 Å². The second-order valence-electron chi connectivity index (χ2n) is 6.17. The second-order valence-corrected chi connectivity index (χ2v) is 12.0. The predicted octanol–water partition coefficient (Wildman–Crippen LogP) is 5.33. The second kappa shape index (κ2) is 8.49. The van der Waals surface area contributed by atoms with Gasteiger partial charge in [0, 0.05) is 0 Å². The number of hydrogen-bond donors (Lipinski definition) is 2. The average Bonchev–Trinajstić information content (AvgIpc) is 2.56. The van der Waals surface area contributed by atoms with E-state index in [0.29, 0.717) is 24.2 Å². The lowest BCUT2D eigenvalue weighted by Crippen LogP contribution is -2.50. The molecule has 26 heavy (non-hydrogen) atoms. The summed E-state index contributed by atoms with van der Waals surface area (Å²) in [6, 6.07) is 0. The highest BCUT2D eigenvalue weighted by Crippen LogP contribution is 2.51. The van der Waals surface area contributed by atoms with E-state index in [4.69, 9.17) is 22.1 Å². The Morgan fingerprint density at radius 2 is 1.73 bits per heavy atom. The molecule has 0 bridgehead atoms. The van der Waals surface area contributed by atoms with Crippen LogP contribution in [0.2, 0.25) is 0 Å². The number of allylic oxidation sites excluding steroid dienone is 1. The summed E-state index contributed by atoms with van der Waals surface area (Å²) in [5, 5.41) is 0. The molecule has 0 aliphatic heterocycles. The molecule has 2 rings (SSSR count). The van der Waals surface area contributed by atoms with E-state index in [1.165, 1.54) is 0 Å². The molecule has 1 saturated carbocycles. The number of halogens is 5. The van der Waals surface area contributed by atoms with E-state index in [-0.39, 0.29) is 5.92 Å². The van der Waals surface area contributed by atoms with E-state index in [0.717, 1.165) is 12.0 Å². The van der Waals surface area contributed by atoms with E-state index in [1.807, 2.05) is 6.92 Å². The van der Waals surface area contributed by atoms with Crippen LogP contribution in [0.4, 0.5) is 22.0 Å². The van der Waals surface area contributed by atoms with Gasteiger partial charge in [-0.15, -0.1) is 0 Å². The number of thiol groups is 1. The third-order valence-electron chi connectivity index (χ3n) is 4.24. The molecule has 0 amide bonds. The molecule has 0 aromatic heterocycles. The quantitative estimate of drug-likeness (QED) is 0.121. The fourth-order valence-corrected chi connectivity index (χ4v) is 6.77. The van der Waals surface area contributed by atoms with Gasteiger partial charge in [-0.25, -0.2) is 22.0 Å². The van der Waals surface area contributed by atoms with Crippen LogP contribution in [-0.2, 0) is 16.3 Å². The van der Waals surface area contributed by atoms with Crippen LogP contribution in [0.15, 0.2) is 17.0 Å². The van der Waals surface area contributed by atoms with Crippen LogP contribution in [0.1, 0.15) is 26.2 Å². The van der Waals surface area contributed by atoms with Crippen LogP contribution < -0.4 is 5.73 Å². The molecule has 1 unspecified atom stereocenters. The van der Waals surface area contributed by atoms with Gasteiger partial charge in [-0.2, -0.15) is 12.6 Å². The number of rotatable bonds is 5. The van der Waals surface area contributed by atoms with E-state index in [9.17, 15) is 22.0 Å². The molecule has 1 aliphatic rings. The highest BCUT2D eigenvalue weighted by molar-refractivity contribution is 8.62. The van der Waals surface area contributed by atoms with Gasteiger partial charge in [0.25, 0.3) is 0 Å². The van der Waals surface area contributed by atoms with Crippen molar-refractivity contribution in [2.24, 2.45) is 11.7 Å². The number of hydrogen-bond acceptors (Lipinski definition) is 5. The smallest absolute Gasteiger partial charge is 0.200 e. The molecule has 1 aliphatic carbocycles. The minimum Gasteiger partial charge on any atom is -0.337 e. The first-order valence-electron chi connectivity index (χ1n) is 7.52. The summed E-state index contributed by atoms with van der Waals surface area (Å²) in [4.78, 5) is -2.04. The standard InChI is InChI=1S/C15H17F5NOPS3/c1-6(2)7-3-4-15(21,24)8(5-7)22-23(25)26-14-12(19)10(17)9(16)11(18)13(14)20/h7-8,23-24H,1,3-5,21H2,2H3/t7-,8+,15+/m1/s1. The summed E-state index contributed by atoms with van der Waals surface area (Å²) in [5.74, 6) is -9.95. The summed E-state index contributed by atoms with van der Waals surface area (Å²) in [7, 11) is 0. The van der Waals surface area contributed by atoms with Crippen LogP contribution >= 0.6 is 30.1 Å². The number of benzene rings is 1. The van der Waals surface area contributed by atoms with Crippen molar-refractivity contribution >= 4 is 41.9 Å². The van der Waals surface area contributed by atoms with Crippen LogP contribution in [-0.4, -0.2) is 11.0 Å². The Bertz CT molecular complexity index is 732. The van der Waals surface area contributed by atoms with Gasteiger partial charge in [-0.1, -0.05) is 35.3 Å². The Hall–Kier alpha value is -0.120. The van der Waals surface area contributed by atoms with Gasteiger partial charge in [0.1, 0.15) is 6.13 Å². The summed E-state index contributed by atoms with van der Waals surface area (Å²) in [6.07, 6.45) is -1.32. The maximum Gasteiger partial charge on any atom is 0.200 e. The van der Waals surface area contributed by atoms with Crippen molar-refractivity contribution in [3.63, 3.8) is 0 Å². The maximum absolute atomic E-state index is 13.8. The zero-order valence-corrected chi connectivity index (χ0v) is 17.1. The molecule has 2 N–H and O–H groups in total. The van der Waals surface area contributed by atoms with E-state index < -0.39 is 51.1 Å². The summed E-state index contributed by atoms with van der Waals surface area (Å²) in [5.41, 5.74) is 7.04. The fraction of sp³-hybridized carbons (Fsp3) is 0.467. The molecule has 2 nitrogen and oxygen atoms in total. The maximum atomic E-state index is 13.8. The van der Waals surface area contributed by atoms with E-state index >= 15 is 0 Å². The lowest BCUT2D eigenvalue weighted by atomic mass is 9.80. The normalized spacial score (nSPS) is 27.4. The Balaban J connectivity index is 2.19. The zero-order valence-electron chi connectivity index (χ0n) is 13.6. The minimum absolute atomic E-state index is 0.132. The average molecular weight is 449 g/mol. The van der Waals surface area contributed by atoms with Gasteiger partial charge in [-0.3, -0.25) is 0 Å². The molecule has 0 heterocycles. The highest BCUT2D eigenvalue weighted by Gasteiger charge is 2.40. The van der Waals surface area contributed by atoms with Crippen molar-refractivity contribution in [3.8, 4) is 0 Å². The lowest BCUT2D eigenvalue weighted by molar-refractivity contribution is 0.116. The topological polar surface area (TPSA) is 35.2 Å². The third-order valence-corrected chi connectivity index (χ3v) is 8.40. The Morgan fingerprint density at radius 3 is 2.23 bits per heavy atom. The fourth-order valence-electron chi connectivity index (χ4n) is 2.64. The van der Waals surface area contributed by atoms with Crippen molar-refractivity contribution in [2.45, 2.75) is 42.1 Å². The molecule has 0 radical (unpaired) electrons. The Morgan fingerprint density at radius 1 is 1.23 bits per heavy atom. The molecule has 11 heteroatoms. The van der Waals surface area contributed by atoms with Gasteiger partial charge in [0.15, 0.2) is 23.3 Å². The molecule has 146 valence electrons. The van der Waals surface area contributed by atoms with Crippen molar-refractivity contribution < 1.29 is 26.5 Å². The Labute approximate surface area is 163 Å². The minimum atomic E-state index is -2.44. The summed E-state index contributed by atoms with van der Waals surface area (Å²) < 4.78 is 72.9. The first-order valence-corrected chi connectivity index (χ1v) is 12.0. The first-order chi connectivity index (χ1) is 12.0. The molecule has 1 fully saturated rings. The van der Waals surface area contributed by atoms with Crippen LogP contribution in [0.5, 0.6) is 0 Å². The van der Waals surface area contributed by atoms with Gasteiger partial charge in [0.2, 0.25) is 5.82 Å². The van der Waals surface area contributed by atoms with Crippen molar-refractivity contribution in [2.75, 3.05) is 0 Å². The molecule has 1 aromatic carbocycles. The summed E-state index contributed by atoms with van der Waals surface area (Å²) in [6.45, 7) is 5.76. The van der Waals surface area contributed by atoms with Crippen molar-refractivity contribution in [3.05, 3.63) is 41.2 Å². The van der Waals surface area contributed by atoms with Gasteiger partial charge in [0.05, 0.1) is 15.9 Å². The molecular formula is C15H17F5NOPS3. The largest absolute Gasteiger partial charge is 0.337 e. The molecule has 4 atom stereocenters. The monoisotopic (exact) mass is 449 g/mol. The number of nitrogens with two attached hydrogens (primary N) is 1. The van der Waals surface area contributed by atoms with Crippen molar-refractivity contribution in [1.29, 1.82) is 0 Å². The van der Waals surface area contributed by atoms with Crippen LogP contribution in [0.3, 0.4) is 0 Å². The SMILES string of the molecule is C=C(C)[C@@H]1CC[C@](N)(S)[C@@H](O[PH](=S)Sc2c(F)c(F)c(F)c(F)c2F)C1. The predicted molar refractivity (Wildman–Crippen MR) is 101 cm³/mol. The third kappa shape index (κ3) is 4.64. The Kier molecular flexibility index (Phi) is 7.24. The molecule has 0 spiro atoms. The van der Waals surface area contributed by atoms with Gasteiger partial charge >= 0.3 is 0 Å². The van der Waals surface area contributed by atoms with Crippen molar-refractivity contribution in [1.82, 2.24) is 0 Å². The lowest BCUT2D eigenvalue weighted by Gasteiger charge is -2.41. The molecule has 1 aromatic rings. The summed E-state index contributed by atoms with van der Waals surface area (Å²) >= 11 is 9.80. The first kappa shape index (κ1) is 22.2. The molecule has 0 saturated heterocycles. The zero-order chi connectivity index (χ0) is 19.8.